The second kappa shape index (κ2) is 7.81. The van der Waals surface area contributed by atoms with E-state index >= 15 is 0 Å². The molecule has 0 heterocycles. The largest absolute Gasteiger partial charge is 0.480 e. The molecule has 0 spiro atoms. The fourth-order valence-corrected chi connectivity index (χ4v) is 2.20. The van der Waals surface area contributed by atoms with Crippen LogP contribution in [0.15, 0.2) is 11.6 Å². The van der Waals surface area contributed by atoms with Crippen LogP contribution in [0.2, 0.25) is 0 Å². The van der Waals surface area contributed by atoms with Gasteiger partial charge < -0.3 is 15.7 Å². The molecule has 0 aromatic carbocycles. The van der Waals surface area contributed by atoms with Crippen molar-refractivity contribution in [1.82, 2.24) is 10.6 Å². The molecule has 1 aliphatic carbocycles. The molecule has 0 radical (unpaired) electrons. The number of carboxylic acids is 1. The van der Waals surface area contributed by atoms with Crippen LogP contribution in [0.25, 0.3) is 0 Å². The van der Waals surface area contributed by atoms with Crippen molar-refractivity contribution in [2.24, 2.45) is 5.92 Å². The highest BCUT2D eigenvalue weighted by molar-refractivity contribution is 5.82. The van der Waals surface area contributed by atoms with Crippen LogP contribution < -0.4 is 10.6 Å². The summed E-state index contributed by atoms with van der Waals surface area (Å²) >= 11 is 0. The highest BCUT2D eigenvalue weighted by Crippen LogP contribution is 2.19. The summed E-state index contributed by atoms with van der Waals surface area (Å²) in [5, 5.41) is 14.2. The van der Waals surface area contributed by atoms with Crippen LogP contribution in [0.1, 0.15) is 46.0 Å². The molecule has 3 N–H and O–H groups in total. The molecule has 19 heavy (non-hydrogen) atoms. The lowest BCUT2D eigenvalue weighted by Gasteiger charge is -2.17. The Kier molecular flexibility index (Phi) is 6.39. The van der Waals surface area contributed by atoms with Crippen molar-refractivity contribution < 1.29 is 14.7 Å². The first-order valence-corrected chi connectivity index (χ1v) is 6.94. The third-order valence-corrected chi connectivity index (χ3v) is 3.18. The zero-order valence-corrected chi connectivity index (χ0v) is 11.7. The van der Waals surface area contributed by atoms with Crippen LogP contribution in [-0.4, -0.2) is 29.7 Å². The van der Waals surface area contributed by atoms with Crippen molar-refractivity contribution >= 4 is 12.0 Å². The molecule has 108 valence electrons. The molecular formula is C14H24N2O3. The summed E-state index contributed by atoms with van der Waals surface area (Å²) in [5.41, 5.74) is 1.39. The van der Waals surface area contributed by atoms with Gasteiger partial charge >= 0.3 is 12.0 Å². The smallest absolute Gasteiger partial charge is 0.326 e. The van der Waals surface area contributed by atoms with Crippen molar-refractivity contribution in [2.75, 3.05) is 6.54 Å². The highest BCUT2D eigenvalue weighted by Gasteiger charge is 2.20. The van der Waals surface area contributed by atoms with Crippen LogP contribution in [0.4, 0.5) is 4.79 Å². The Labute approximate surface area is 114 Å². The lowest BCUT2D eigenvalue weighted by atomic mass is 10.0. The maximum Gasteiger partial charge on any atom is 0.326 e. The molecule has 0 unspecified atom stereocenters. The third kappa shape index (κ3) is 6.27. The quantitative estimate of drug-likeness (QED) is 0.620. The van der Waals surface area contributed by atoms with Crippen LogP contribution >= 0.6 is 0 Å². The Hall–Kier alpha value is -1.52. The van der Waals surface area contributed by atoms with Gasteiger partial charge in [0.05, 0.1) is 0 Å². The Bertz CT molecular complexity index is 351. The predicted molar refractivity (Wildman–Crippen MR) is 74.0 cm³/mol. The number of amides is 2. The summed E-state index contributed by atoms with van der Waals surface area (Å²) in [7, 11) is 0. The van der Waals surface area contributed by atoms with E-state index in [0.29, 0.717) is 13.0 Å². The van der Waals surface area contributed by atoms with E-state index in [2.05, 4.69) is 16.7 Å². The molecular weight excluding hydrogens is 244 g/mol. The fourth-order valence-electron chi connectivity index (χ4n) is 2.20. The number of allylic oxidation sites excluding steroid dienone is 1. The minimum Gasteiger partial charge on any atom is -0.480 e. The first-order valence-electron chi connectivity index (χ1n) is 6.94. The maximum atomic E-state index is 11.6. The molecule has 2 amide bonds. The highest BCUT2D eigenvalue weighted by atomic mass is 16.4. The maximum absolute atomic E-state index is 11.6. The number of carbonyl (C=O) groups is 2. The molecule has 1 atom stereocenters. The molecule has 5 heteroatoms. The topological polar surface area (TPSA) is 78.4 Å². The molecule has 1 aliphatic rings. The lowest BCUT2D eigenvalue weighted by Crippen LogP contribution is -2.46. The van der Waals surface area contributed by atoms with Gasteiger partial charge in [0.2, 0.25) is 0 Å². The number of hydrogen-bond acceptors (Lipinski definition) is 2. The van der Waals surface area contributed by atoms with E-state index in [0.717, 1.165) is 19.3 Å². The molecule has 0 saturated carbocycles. The van der Waals surface area contributed by atoms with Crippen molar-refractivity contribution in [1.29, 1.82) is 0 Å². The standard InChI is InChI=1S/C14H24N2O3/c1-10(2)9-12(13(17)18)16-14(19)15-8-7-11-5-3-4-6-11/h5,10,12H,3-4,6-9H2,1-2H3,(H,17,18)(H2,15,16,19)/t12-/m0/s1. The SMILES string of the molecule is CC(C)C[C@H](NC(=O)NCCC1=CCCC1)C(=O)O. The van der Waals surface area contributed by atoms with Gasteiger partial charge in [0.15, 0.2) is 0 Å². The molecule has 0 bridgehead atoms. The molecule has 5 nitrogen and oxygen atoms in total. The molecule has 0 aliphatic heterocycles. The van der Waals surface area contributed by atoms with E-state index in [1.165, 1.54) is 12.0 Å². The number of carbonyl (C=O) groups excluding carboxylic acids is 1. The van der Waals surface area contributed by atoms with E-state index in [1.807, 2.05) is 13.8 Å². The first-order chi connectivity index (χ1) is 8.99. The molecule has 0 saturated heterocycles. The van der Waals surface area contributed by atoms with Crippen molar-refractivity contribution in [3.63, 3.8) is 0 Å². The van der Waals surface area contributed by atoms with E-state index < -0.39 is 18.0 Å². The number of hydrogen-bond donors (Lipinski definition) is 3. The van der Waals surface area contributed by atoms with Gasteiger partial charge in [0, 0.05) is 6.54 Å². The van der Waals surface area contributed by atoms with Gasteiger partial charge in [-0.05, 0) is 38.0 Å². The van der Waals surface area contributed by atoms with Gasteiger partial charge in [-0.25, -0.2) is 9.59 Å². The van der Waals surface area contributed by atoms with Gasteiger partial charge in [-0.15, -0.1) is 0 Å². The normalized spacial score (nSPS) is 16.1. The van der Waals surface area contributed by atoms with E-state index in [9.17, 15) is 9.59 Å². The van der Waals surface area contributed by atoms with Gasteiger partial charge in [0.1, 0.15) is 6.04 Å². The van der Waals surface area contributed by atoms with Crippen molar-refractivity contribution in [2.45, 2.75) is 52.0 Å². The molecule has 0 aromatic heterocycles. The molecule has 0 fully saturated rings. The zero-order valence-electron chi connectivity index (χ0n) is 11.7. The van der Waals surface area contributed by atoms with Gasteiger partial charge in [-0.1, -0.05) is 25.5 Å². The Morgan fingerprint density at radius 1 is 1.42 bits per heavy atom. The number of urea groups is 1. The second-order valence-corrected chi connectivity index (χ2v) is 5.43. The Morgan fingerprint density at radius 2 is 2.16 bits per heavy atom. The monoisotopic (exact) mass is 268 g/mol. The number of carboxylic acid groups (broad SMARTS) is 1. The van der Waals surface area contributed by atoms with Gasteiger partial charge in [0.25, 0.3) is 0 Å². The third-order valence-electron chi connectivity index (χ3n) is 3.18. The summed E-state index contributed by atoms with van der Waals surface area (Å²) in [4.78, 5) is 22.6. The summed E-state index contributed by atoms with van der Waals surface area (Å²) in [6.07, 6.45) is 6.98. The van der Waals surface area contributed by atoms with Crippen LogP contribution in [0.3, 0.4) is 0 Å². The average Bonchev–Trinajstić information content (AvgIpc) is 2.80. The van der Waals surface area contributed by atoms with Crippen LogP contribution in [0, 0.1) is 5.92 Å². The number of rotatable bonds is 7. The minimum absolute atomic E-state index is 0.227. The van der Waals surface area contributed by atoms with Gasteiger partial charge in [-0.3, -0.25) is 0 Å². The minimum atomic E-state index is -0.984. The Balaban J connectivity index is 2.25. The van der Waals surface area contributed by atoms with E-state index in [1.54, 1.807) is 0 Å². The summed E-state index contributed by atoms with van der Waals surface area (Å²) in [6.45, 7) is 4.43. The van der Waals surface area contributed by atoms with Gasteiger partial charge in [-0.2, -0.15) is 0 Å². The lowest BCUT2D eigenvalue weighted by molar-refractivity contribution is -0.139. The first kappa shape index (κ1) is 15.5. The fraction of sp³-hybridized carbons (Fsp3) is 0.714. The van der Waals surface area contributed by atoms with E-state index in [4.69, 9.17) is 5.11 Å². The number of nitrogens with one attached hydrogen (secondary N) is 2. The zero-order chi connectivity index (χ0) is 14.3. The molecule has 1 rings (SSSR count). The van der Waals surface area contributed by atoms with Crippen LogP contribution in [-0.2, 0) is 4.79 Å². The second-order valence-electron chi connectivity index (χ2n) is 5.43. The number of aliphatic carboxylic acids is 1. The van der Waals surface area contributed by atoms with Crippen molar-refractivity contribution in [3.8, 4) is 0 Å². The summed E-state index contributed by atoms with van der Waals surface area (Å²) in [5.74, 6) is -0.757. The summed E-state index contributed by atoms with van der Waals surface area (Å²) < 4.78 is 0. The molecule has 0 aromatic rings. The average molecular weight is 268 g/mol. The Morgan fingerprint density at radius 3 is 2.68 bits per heavy atom. The predicted octanol–water partition coefficient (Wildman–Crippen LogP) is 2.29. The van der Waals surface area contributed by atoms with E-state index in [-0.39, 0.29) is 5.92 Å². The van der Waals surface area contributed by atoms with Crippen LogP contribution in [0.5, 0.6) is 0 Å². The van der Waals surface area contributed by atoms with Crippen molar-refractivity contribution in [3.05, 3.63) is 11.6 Å². The summed E-state index contributed by atoms with van der Waals surface area (Å²) in [6, 6.07) is -1.21.